The molecule has 0 bridgehead atoms. The molecule has 0 aliphatic heterocycles. The number of Topliss-reactive ketones (excluding diaryl/α,β-unsaturated/α-hetero) is 1. The maximum atomic E-state index is 11.8. The molecule has 1 saturated carbocycles. The zero-order chi connectivity index (χ0) is 10.7. The van der Waals surface area contributed by atoms with Crippen LogP contribution in [0, 0.1) is 5.92 Å². The van der Waals surface area contributed by atoms with E-state index in [9.17, 15) is 4.79 Å². The van der Waals surface area contributed by atoms with Gasteiger partial charge in [-0.1, -0.05) is 44.0 Å². The first-order valence-corrected chi connectivity index (χ1v) is 5.91. The van der Waals surface area contributed by atoms with Crippen LogP contribution in [0.25, 0.3) is 0 Å². The summed E-state index contributed by atoms with van der Waals surface area (Å²) < 4.78 is 0. The first-order chi connectivity index (χ1) is 7.29. The van der Waals surface area contributed by atoms with Crippen LogP contribution in [0.1, 0.15) is 48.5 Å². The summed E-state index contributed by atoms with van der Waals surface area (Å²) in [5.74, 6) is 1.16. The van der Waals surface area contributed by atoms with Crippen LogP contribution in [0.5, 0.6) is 0 Å². The van der Waals surface area contributed by atoms with E-state index in [1.165, 1.54) is 18.4 Å². The van der Waals surface area contributed by atoms with Gasteiger partial charge in [0.1, 0.15) is 0 Å². The molecule has 0 aromatic heterocycles. The number of ketones is 1. The fraction of sp³-hybridized carbons (Fsp3) is 0.500. The molecule has 0 heterocycles. The molecule has 1 heteroatoms. The van der Waals surface area contributed by atoms with Crippen molar-refractivity contribution in [3.8, 4) is 0 Å². The Labute approximate surface area is 91.5 Å². The van der Waals surface area contributed by atoms with Gasteiger partial charge in [-0.2, -0.15) is 0 Å². The van der Waals surface area contributed by atoms with Gasteiger partial charge in [-0.3, -0.25) is 4.79 Å². The third-order valence-corrected chi connectivity index (χ3v) is 3.16. The first-order valence-electron chi connectivity index (χ1n) is 5.91. The van der Waals surface area contributed by atoms with Crippen molar-refractivity contribution in [2.45, 2.75) is 39.0 Å². The fourth-order valence-electron chi connectivity index (χ4n) is 1.81. The third kappa shape index (κ3) is 2.92. The van der Waals surface area contributed by atoms with E-state index in [1.54, 1.807) is 0 Å². The molecular formula is C14H18O. The normalized spacial score (nSPS) is 15.3. The molecule has 80 valence electrons. The van der Waals surface area contributed by atoms with Gasteiger partial charge >= 0.3 is 0 Å². The van der Waals surface area contributed by atoms with Crippen LogP contribution >= 0.6 is 0 Å². The highest BCUT2D eigenvalue weighted by molar-refractivity contribution is 5.96. The molecule has 0 unspecified atom stereocenters. The number of hydrogen-bond donors (Lipinski definition) is 0. The molecule has 0 radical (unpaired) electrons. The lowest BCUT2D eigenvalue weighted by molar-refractivity contribution is 0.0978. The molecule has 1 fully saturated rings. The molecule has 0 saturated heterocycles. The van der Waals surface area contributed by atoms with E-state index in [0.717, 1.165) is 30.7 Å². The van der Waals surface area contributed by atoms with Crippen molar-refractivity contribution in [2.24, 2.45) is 5.92 Å². The molecule has 0 N–H and O–H groups in total. The number of aryl methyl sites for hydroxylation is 1. The Bertz CT molecular complexity index is 333. The largest absolute Gasteiger partial charge is 0.294 e. The average molecular weight is 202 g/mol. The van der Waals surface area contributed by atoms with Gasteiger partial charge in [0.15, 0.2) is 5.78 Å². The Kier molecular flexibility index (Phi) is 3.20. The summed E-state index contributed by atoms with van der Waals surface area (Å²) in [6.45, 7) is 2.13. The standard InChI is InChI=1S/C14H18O/c1-2-11-5-8-13(9-6-11)14(15)10-7-12-3-4-12/h5-6,8-9,12H,2-4,7,10H2,1H3. The second-order valence-electron chi connectivity index (χ2n) is 4.46. The van der Waals surface area contributed by atoms with Gasteiger partial charge in [0, 0.05) is 12.0 Å². The number of carbonyl (C=O) groups is 1. The highest BCUT2D eigenvalue weighted by Crippen LogP contribution is 2.33. The molecule has 0 atom stereocenters. The van der Waals surface area contributed by atoms with Crippen molar-refractivity contribution < 1.29 is 4.79 Å². The molecule has 0 amide bonds. The van der Waals surface area contributed by atoms with Crippen molar-refractivity contribution >= 4 is 5.78 Å². The molecule has 15 heavy (non-hydrogen) atoms. The molecule has 1 aliphatic carbocycles. The maximum absolute atomic E-state index is 11.8. The van der Waals surface area contributed by atoms with E-state index in [2.05, 4.69) is 19.1 Å². The molecule has 1 nitrogen and oxygen atoms in total. The van der Waals surface area contributed by atoms with Crippen LogP contribution in [0.15, 0.2) is 24.3 Å². The minimum Gasteiger partial charge on any atom is -0.294 e. The summed E-state index contributed by atoms with van der Waals surface area (Å²) in [5.41, 5.74) is 2.18. The minimum atomic E-state index is 0.310. The van der Waals surface area contributed by atoms with Gasteiger partial charge in [0.05, 0.1) is 0 Å². The average Bonchev–Trinajstić information content (AvgIpc) is 3.10. The minimum absolute atomic E-state index is 0.310. The topological polar surface area (TPSA) is 17.1 Å². The predicted molar refractivity (Wildman–Crippen MR) is 62.1 cm³/mol. The number of rotatable bonds is 5. The smallest absolute Gasteiger partial charge is 0.162 e. The number of hydrogen-bond acceptors (Lipinski definition) is 1. The van der Waals surface area contributed by atoms with Crippen molar-refractivity contribution in [3.63, 3.8) is 0 Å². The van der Waals surface area contributed by atoms with E-state index >= 15 is 0 Å². The second kappa shape index (κ2) is 4.61. The summed E-state index contributed by atoms with van der Waals surface area (Å²) in [6.07, 6.45) is 5.53. The maximum Gasteiger partial charge on any atom is 0.162 e. The van der Waals surface area contributed by atoms with Gasteiger partial charge in [0.2, 0.25) is 0 Å². The van der Waals surface area contributed by atoms with Crippen LogP contribution in [-0.4, -0.2) is 5.78 Å². The lowest BCUT2D eigenvalue weighted by Crippen LogP contribution is -1.99. The highest BCUT2D eigenvalue weighted by atomic mass is 16.1. The first kappa shape index (κ1) is 10.4. The lowest BCUT2D eigenvalue weighted by Gasteiger charge is -2.01. The molecule has 1 aromatic carbocycles. The predicted octanol–water partition coefficient (Wildman–Crippen LogP) is 3.62. The molecule has 1 aliphatic rings. The van der Waals surface area contributed by atoms with Crippen LogP contribution in [0.3, 0.4) is 0 Å². The van der Waals surface area contributed by atoms with E-state index in [1.807, 2.05) is 12.1 Å². The van der Waals surface area contributed by atoms with Crippen LogP contribution in [0.4, 0.5) is 0 Å². The Morgan fingerprint density at radius 3 is 2.47 bits per heavy atom. The van der Waals surface area contributed by atoms with Crippen LogP contribution < -0.4 is 0 Å². The Morgan fingerprint density at radius 2 is 1.93 bits per heavy atom. The van der Waals surface area contributed by atoms with E-state index in [4.69, 9.17) is 0 Å². The Morgan fingerprint density at radius 1 is 1.27 bits per heavy atom. The van der Waals surface area contributed by atoms with Crippen molar-refractivity contribution in [1.29, 1.82) is 0 Å². The van der Waals surface area contributed by atoms with Crippen molar-refractivity contribution in [1.82, 2.24) is 0 Å². The van der Waals surface area contributed by atoms with Crippen molar-refractivity contribution in [3.05, 3.63) is 35.4 Å². The second-order valence-corrected chi connectivity index (χ2v) is 4.46. The monoisotopic (exact) mass is 202 g/mol. The zero-order valence-electron chi connectivity index (χ0n) is 9.33. The van der Waals surface area contributed by atoms with E-state index in [-0.39, 0.29) is 0 Å². The third-order valence-electron chi connectivity index (χ3n) is 3.16. The van der Waals surface area contributed by atoms with E-state index < -0.39 is 0 Å². The molecule has 1 aromatic rings. The summed E-state index contributed by atoms with van der Waals surface area (Å²) in [4.78, 5) is 11.8. The molecular weight excluding hydrogens is 184 g/mol. The molecule has 0 spiro atoms. The summed E-state index contributed by atoms with van der Waals surface area (Å²) in [6, 6.07) is 8.05. The Balaban J connectivity index is 1.91. The Hall–Kier alpha value is -1.11. The summed E-state index contributed by atoms with van der Waals surface area (Å²) in [5, 5.41) is 0. The number of carbonyl (C=O) groups excluding carboxylic acids is 1. The zero-order valence-corrected chi connectivity index (χ0v) is 9.33. The highest BCUT2D eigenvalue weighted by Gasteiger charge is 2.21. The van der Waals surface area contributed by atoms with Crippen LogP contribution in [-0.2, 0) is 6.42 Å². The van der Waals surface area contributed by atoms with Crippen molar-refractivity contribution in [2.75, 3.05) is 0 Å². The van der Waals surface area contributed by atoms with Gasteiger partial charge in [0.25, 0.3) is 0 Å². The number of benzene rings is 1. The SMILES string of the molecule is CCc1ccc(C(=O)CCC2CC2)cc1. The van der Waals surface area contributed by atoms with Gasteiger partial charge in [-0.15, -0.1) is 0 Å². The van der Waals surface area contributed by atoms with Gasteiger partial charge < -0.3 is 0 Å². The van der Waals surface area contributed by atoms with E-state index in [0.29, 0.717) is 5.78 Å². The quantitative estimate of drug-likeness (QED) is 0.666. The summed E-state index contributed by atoms with van der Waals surface area (Å²) >= 11 is 0. The lowest BCUT2D eigenvalue weighted by atomic mass is 10.0. The van der Waals surface area contributed by atoms with Gasteiger partial charge in [-0.05, 0) is 24.3 Å². The fourth-order valence-corrected chi connectivity index (χ4v) is 1.81. The van der Waals surface area contributed by atoms with Gasteiger partial charge in [-0.25, -0.2) is 0 Å². The molecule has 2 rings (SSSR count). The van der Waals surface area contributed by atoms with Crippen LogP contribution in [0.2, 0.25) is 0 Å². The summed E-state index contributed by atoms with van der Waals surface area (Å²) in [7, 11) is 0.